The van der Waals surface area contributed by atoms with Crippen molar-refractivity contribution in [3.05, 3.63) is 0 Å². The maximum Gasteiger partial charge on any atom is 0.166 e. The van der Waals surface area contributed by atoms with Crippen molar-refractivity contribution in [3.63, 3.8) is 0 Å². The molecule has 1 N–H and O–H groups in total. The Morgan fingerprint density at radius 2 is 1.82 bits per heavy atom. The van der Waals surface area contributed by atoms with Crippen LogP contribution in [0.5, 0.6) is 0 Å². The lowest BCUT2D eigenvalue weighted by molar-refractivity contribution is -0.215. The van der Waals surface area contributed by atoms with Gasteiger partial charge >= 0.3 is 0 Å². The van der Waals surface area contributed by atoms with Crippen LogP contribution in [-0.4, -0.2) is 16.5 Å². The van der Waals surface area contributed by atoms with Crippen molar-refractivity contribution in [2.45, 2.75) is 56.8 Å². The molecule has 0 radical (unpaired) electrons. The smallest absolute Gasteiger partial charge is 0.166 e. The molecule has 2 nitrogen and oxygen atoms in total. The zero-order valence-electron chi connectivity index (χ0n) is 7.10. The molecular weight excluding hydrogens is 140 g/mol. The van der Waals surface area contributed by atoms with E-state index in [1.54, 1.807) is 0 Å². The van der Waals surface area contributed by atoms with E-state index in [-0.39, 0.29) is 5.60 Å². The van der Waals surface area contributed by atoms with Crippen molar-refractivity contribution in [3.8, 4) is 0 Å². The molecule has 0 saturated carbocycles. The molecule has 0 aromatic rings. The van der Waals surface area contributed by atoms with Gasteiger partial charge in [0.2, 0.25) is 0 Å². The van der Waals surface area contributed by atoms with Gasteiger partial charge in [-0.25, -0.2) is 0 Å². The Morgan fingerprint density at radius 3 is 2.64 bits per heavy atom. The number of hydrogen-bond donors (Lipinski definition) is 1. The summed E-state index contributed by atoms with van der Waals surface area (Å²) in [6, 6.07) is 0. The van der Waals surface area contributed by atoms with Gasteiger partial charge in [-0.05, 0) is 26.2 Å². The topological polar surface area (TPSA) is 29.5 Å². The summed E-state index contributed by atoms with van der Waals surface area (Å²) in [6.45, 7) is 2.12. The summed E-state index contributed by atoms with van der Waals surface area (Å²) in [7, 11) is 0. The van der Waals surface area contributed by atoms with Crippen molar-refractivity contribution < 1.29 is 9.84 Å². The molecule has 2 aliphatic heterocycles. The molecule has 0 amide bonds. The Hall–Kier alpha value is -0.0800. The SMILES string of the molecule is CC12CCCCC(O)(CC1)O2. The molecule has 2 heteroatoms. The van der Waals surface area contributed by atoms with Crippen molar-refractivity contribution in [2.24, 2.45) is 0 Å². The van der Waals surface area contributed by atoms with Crippen LogP contribution >= 0.6 is 0 Å². The van der Waals surface area contributed by atoms with E-state index >= 15 is 0 Å². The van der Waals surface area contributed by atoms with Crippen molar-refractivity contribution >= 4 is 0 Å². The third-order valence-corrected chi connectivity index (χ3v) is 3.00. The number of rotatable bonds is 0. The van der Waals surface area contributed by atoms with Crippen LogP contribution in [0.3, 0.4) is 0 Å². The molecule has 64 valence electrons. The Morgan fingerprint density at radius 1 is 1.09 bits per heavy atom. The summed E-state index contributed by atoms with van der Waals surface area (Å²) in [5, 5.41) is 9.84. The summed E-state index contributed by atoms with van der Waals surface area (Å²) in [5.41, 5.74) is -0.00868. The fourth-order valence-corrected chi connectivity index (χ4v) is 2.27. The maximum absolute atomic E-state index is 9.84. The first-order chi connectivity index (χ1) is 5.12. The molecular formula is C9H16O2. The third-order valence-electron chi connectivity index (χ3n) is 3.00. The van der Waals surface area contributed by atoms with Gasteiger partial charge in [0.1, 0.15) is 0 Å². The van der Waals surface area contributed by atoms with E-state index in [1.807, 2.05) is 0 Å². The number of aliphatic hydroxyl groups is 1. The number of fused-ring (bicyclic) bond motifs is 2. The second kappa shape index (κ2) is 2.20. The van der Waals surface area contributed by atoms with Crippen molar-refractivity contribution in [1.82, 2.24) is 0 Å². The van der Waals surface area contributed by atoms with Crippen LogP contribution in [0.15, 0.2) is 0 Å². The Bertz CT molecular complexity index is 143. The average molecular weight is 156 g/mol. The highest BCUT2D eigenvalue weighted by Crippen LogP contribution is 2.44. The number of hydrogen-bond acceptors (Lipinski definition) is 2. The van der Waals surface area contributed by atoms with Crippen molar-refractivity contribution in [2.75, 3.05) is 0 Å². The highest BCUT2D eigenvalue weighted by molar-refractivity contribution is 4.91. The van der Waals surface area contributed by atoms with E-state index in [2.05, 4.69) is 6.92 Å². The first kappa shape index (κ1) is 7.56. The Kier molecular flexibility index (Phi) is 1.52. The molecule has 0 aliphatic carbocycles. The lowest BCUT2D eigenvalue weighted by Gasteiger charge is -2.25. The van der Waals surface area contributed by atoms with Crippen LogP contribution in [0.2, 0.25) is 0 Å². The molecule has 2 rings (SSSR count). The average Bonchev–Trinajstić information content (AvgIpc) is 2.11. The third kappa shape index (κ3) is 1.30. The second-order valence-corrected chi connectivity index (χ2v) is 4.21. The molecule has 2 saturated heterocycles. The molecule has 2 unspecified atom stereocenters. The predicted octanol–water partition coefficient (Wildman–Crippen LogP) is 1.82. The van der Waals surface area contributed by atoms with Crippen molar-refractivity contribution in [1.29, 1.82) is 0 Å². The molecule has 2 aliphatic rings. The van der Waals surface area contributed by atoms with Crippen LogP contribution < -0.4 is 0 Å². The highest BCUT2D eigenvalue weighted by Gasteiger charge is 2.46. The van der Waals surface area contributed by atoms with Gasteiger partial charge in [-0.1, -0.05) is 6.42 Å². The molecule has 2 heterocycles. The maximum atomic E-state index is 9.84. The van der Waals surface area contributed by atoms with E-state index in [4.69, 9.17) is 4.74 Å². The van der Waals surface area contributed by atoms with Gasteiger partial charge in [-0.15, -0.1) is 0 Å². The van der Waals surface area contributed by atoms with E-state index in [1.165, 1.54) is 6.42 Å². The fourth-order valence-electron chi connectivity index (χ4n) is 2.27. The lowest BCUT2D eigenvalue weighted by Crippen LogP contribution is -2.31. The summed E-state index contributed by atoms with van der Waals surface area (Å²) in [5.74, 6) is -0.759. The summed E-state index contributed by atoms with van der Waals surface area (Å²) >= 11 is 0. The van der Waals surface area contributed by atoms with Crippen LogP contribution in [0.25, 0.3) is 0 Å². The number of ether oxygens (including phenoxy) is 1. The van der Waals surface area contributed by atoms with E-state index in [0.717, 1.165) is 32.1 Å². The zero-order chi connectivity index (χ0) is 7.95. The van der Waals surface area contributed by atoms with Gasteiger partial charge in [0.25, 0.3) is 0 Å². The largest absolute Gasteiger partial charge is 0.365 e. The first-order valence-corrected chi connectivity index (χ1v) is 4.55. The van der Waals surface area contributed by atoms with Gasteiger partial charge in [0, 0.05) is 12.8 Å². The first-order valence-electron chi connectivity index (χ1n) is 4.55. The summed E-state index contributed by atoms with van der Waals surface area (Å²) < 4.78 is 5.65. The molecule has 2 bridgehead atoms. The van der Waals surface area contributed by atoms with Gasteiger partial charge in [-0.2, -0.15) is 0 Å². The van der Waals surface area contributed by atoms with E-state index in [0.29, 0.717) is 0 Å². The zero-order valence-corrected chi connectivity index (χ0v) is 7.10. The minimum Gasteiger partial charge on any atom is -0.365 e. The quantitative estimate of drug-likeness (QED) is 0.579. The molecule has 2 fully saturated rings. The fraction of sp³-hybridized carbons (Fsp3) is 1.00. The second-order valence-electron chi connectivity index (χ2n) is 4.21. The predicted molar refractivity (Wildman–Crippen MR) is 42.1 cm³/mol. The summed E-state index contributed by atoms with van der Waals surface area (Å²) in [6.07, 6.45) is 6.15. The van der Waals surface area contributed by atoms with Crippen LogP contribution in [-0.2, 0) is 4.74 Å². The molecule has 11 heavy (non-hydrogen) atoms. The molecule has 0 aromatic heterocycles. The molecule has 0 aromatic carbocycles. The standard InChI is InChI=1S/C9H16O2/c1-8-4-2-3-5-9(10,11-8)7-6-8/h10H,2-7H2,1H3. The Labute approximate surface area is 67.6 Å². The van der Waals surface area contributed by atoms with E-state index < -0.39 is 5.79 Å². The van der Waals surface area contributed by atoms with Crippen LogP contribution in [0, 0.1) is 0 Å². The van der Waals surface area contributed by atoms with Crippen LogP contribution in [0.1, 0.15) is 45.4 Å². The highest BCUT2D eigenvalue weighted by atomic mass is 16.6. The van der Waals surface area contributed by atoms with Gasteiger partial charge < -0.3 is 9.84 Å². The minimum absolute atomic E-state index is 0.00868. The van der Waals surface area contributed by atoms with Gasteiger partial charge in [0.05, 0.1) is 5.60 Å². The monoisotopic (exact) mass is 156 g/mol. The summed E-state index contributed by atoms with van der Waals surface area (Å²) in [4.78, 5) is 0. The van der Waals surface area contributed by atoms with Crippen LogP contribution in [0.4, 0.5) is 0 Å². The van der Waals surface area contributed by atoms with Gasteiger partial charge in [0.15, 0.2) is 5.79 Å². The van der Waals surface area contributed by atoms with E-state index in [9.17, 15) is 5.11 Å². The molecule has 0 spiro atoms. The van der Waals surface area contributed by atoms with Gasteiger partial charge in [-0.3, -0.25) is 0 Å². The lowest BCUT2D eigenvalue weighted by atomic mass is 9.91. The normalized spacial score (nSPS) is 50.7. The molecule has 2 atom stereocenters. The Balaban J connectivity index is 2.18. The minimum atomic E-state index is -0.759.